The third kappa shape index (κ3) is 25.7. The Bertz CT molecular complexity index is 261. The average Bonchev–Trinajstić information content (AvgIpc) is 2.61. The van der Waals surface area contributed by atoms with Crippen LogP contribution in [0.15, 0.2) is 0 Å². The lowest BCUT2D eigenvalue weighted by atomic mass is 10.0. The standard InChI is InChI=1S/C18H37NO2.C2H7NO/c1-2-3-4-5-6-7-8-9-10-11-12-13-14-15-16-17(20)18(19)21;3-1-2-4/h17,20H,2-16H2,1H3,(H2,19,21);4H,1-3H2. The average molecular weight is 361 g/mol. The monoisotopic (exact) mass is 360 g/mol. The molecule has 0 rings (SSSR count). The summed E-state index contributed by atoms with van der Waals surface area (Å²) in [6.07, 6.45) is 17.9. The van der Waals surface area contributed by atoms with Gasteiger partial charge in [0.05, 0.1) is 6.61 Å². The van der Waals surface area contributed by atoms with Gasteiger partial charge in [-0.15, -0.1) is 0 Å². The van der Waals surface area contributed by atoms with Gasteiger partial charge < -0.3 is 21.7 Å². The second-order valence-electron chi connectivity index (χ2n) is 6.82. The molecule has 5 nitrogen and oxygen atoms in total. The van der Waals surface area contributed by atoms with E-state index in [2.05, 4.69) is 6.92 Å². The van der Waals surface area contributed by atoms with Crippen LogP contribution in [0.25, 0.3) is 0 Å². The first-order valence-corrected chi connectivity index (χ1v) is 10.4. The number of hydrogen-bond donors (Lipinski definition) is 4. The predicted octanol–water partition coefficient (Wildman–Crippen LogP) is 3.64. The molecule has 6 N–H and O–H groups in total. The van der Waals surface area contributed by atoms with E-state index in [1.165, 1.54) is 77.0 Å². The van der Waals surface area contributed by atoms with E-state index in [0.29, 0.717) is 13.0 Å². The molecular formula is C20H44N2O3. The van der Waals surface area contributed by atoms with Crippen LogP contribution in [0, 0.1) is 0 Å². The lowest BCUT2D eigenvalue weighted by molar-refractivity contribution is -0.126. The molecular weight excluding hydrogens is 316 g/mol. The SMILES string of the molecule is CCCCCCCCCCCCCCCCC(O)C(N)=O.NCCO. The molecule has 0 aromatic rings. The Morgan fingerprint density at radius 3 is 1.40 bits per heavy atom. The normalized spacial score (nSPS) is 11.7. The Hall–Kier alpha value is -0.650. The molecule has 25 heavy (non-hydrogen) atoms. The summed E-state index contributed by atoms with van der Waals surface area (Å²) in [5, 5.41) is 17.0. The van der Waals surface area contributed by atoms with Gasteiger partial charge in [-0.2, -0.15) is 0 Å². The topological polar surface area (TPSA) is 110 Å². The number of carbonyl (C=O) groups excluding carboxylic acids is 1. The fourth-order valence-electron chi connectivity index (χ4n) is 2.67. The number of unbranched alkanes of at least 4 members (excludes halogenated alkanes) is 13. The number of hydrogen-bond acceptors (Lipinski definition) is 4. The molecule has 1 unspecified atom stereocenters. The van der Waals surface area contributed by atoms with E-state index in [4.69, 9.17) is 16.6 Å². The van der Waals surface area contributed by atoms with Crippen LogP contribution >= 0.6 is 0 Å². The molecule has 5 heteroatoms. The number of aliphatic hydroxyl groups excluding tert-OH is 2. The highest BCUT2D eigenvalue weighted by Gasteiger charge is 2.09. The molecule has 0 saturated carbocycles. The smallest absolute Gasteiger partial charge is 0.246 e. The fraction of sp³-hybridized carbons (Fsp3) is 0.950. The Kier molecular flexibility index (Phi) is 24.8. The molecule has 152 valence electrons. The van der Waals surface area contributed by atoms with Crippen molar-refractivity contribution in [1.29, 1.82) is 0 Å². The number of carbonyl (C=O) groups is 1. The Morgan fingerprint density at radius 1 is 0.800 bits per heavy atom. The van der Waals surface area contributed by atoms with Crippen LogP contribution in [0.4, 0.5) is 0 Å². The van der Waals surface area contributed by atoms with Gasteiger partial charge in [-0.1, -0.05) is 96.8 Å². The van der Waals surface area contributed by atoms with E-state index < -0.39 is 12.0 Å². The first kappa shape index (κ1) is 26.6. The fourth-order valence-corrected chi connectivity index (χ4v) is 2.67. The predicted molar refractivity (Wildman–Crippen MR) is 106 cm³/mol. The van der Waals surface area contributed by atoms with Crippen molar-refractivity contribution in [3.63, 3.8) is 0 Å². The van der Waals surface area contributed by atoms with Crippen LogP contribution in [0.1, 0.15) is 103 Å². The summed E-state index contributed by atoms with van der Waals surface area (Å²) in [5.41, 5.74) is 9.78. The van der Waals surface area contributed by atoms with Crippen molar-refractivity contribution in [2.45, 2.75) is 109 Å². The highest BCUT2D eigenvalue weighted by Crippen LogP contribution is 2.13. The quantitative estimate of drug-likeness (QED) is 0.297. The summed E-state index contributed by atoms with van der Waals surface area (Å²) in [6.45, 7) is 2.74. The zero-order valence-electron chi connectivity index (χ0n) is 16.6. The molecule has 0 heterocycles. The number of aliphatic hydroxyl groups is 2. The van der Waals surface area contributed by atoms with E-state index in [1.54, 1.807) is 0 Å². The van der Waals surface area contributed by atoms with Gasteiger partial charge in [0.15, 0.2) is 0 Å². The number of amides is 1. The summed E-state index contributed by atoms with van der Waals surface area (Å²) in [7, 11) is 0. The van der Waals surface area contributed by atoms with Crippen molar-refractivity contribution in [2.75, 3.05) is 13.2 Å². The van der Waals surface area contributed by atoms with Gasteiger partial charge in [-0.3, -0.25) is 4.79 Å². The van der Waals surface area contributed by atoms with Crippen molar-refractivity contribution in [3.05, 3.63) is 0 Å². The van der Waals surface area contributed by atoms with E-state index >= 15 is 0 Å². The summed E-state index contributed by atoms with van der Waals surface area (Å²) >= 11 is 0. The number of primary amides is 1. The molecule has 0 spiro atoms. The molecule has 0 aliphatic carbocycles. The third-order valence-corrected chi connectivity index (χ3v) is 4.29. The minimum atomic E-state index is -0.942. The van der Waals surface area contributed by atoms with E-state index in [-0.39, 0.29) is 6.61 Å². The Morgan fingerprint density at radius 2 is 1.12 bits per heavy atom. The minimum Gasteiger partial charge on any atom is -0.395 e. The first-order valence-electron chi connectivity index (χ1n) is 10.4. The summed E-state index contributed by atoms with van der Waals surface area (Å²) in [6, 6.07) is 0. The zero-order chi connectivity index (χ0) is 19.2. The maximum absolute atomic E-state index is 10.6. The highest BCUT2D eigenvalue weighted by molar-refractivity contribution is 5.78. The van der Waals surface area contributed by atoms with Crippen LogP contribution in [0.2, 0.25) is 0 Å². The maximum Gasteiger partial charge on any atom is 0.246 e. The van der Waals surface area contributed by atoms with Crippen LogP contribution < -0.4 is 11.5 Å². The molecule has 1 atom stereocenters. The molecule has 0 fully saturated rings. The number of nitrogens with two attached hydrogens (primary N) is 2. The molecule has 1 amide bonds. The lowest BCUT2D eigenvalue weighted by Gasteiger charge is -2.06. The van der Waals surface area contributed by atoms with Gasteiger partial charge in [-0.05, 0) is 6.42 Å². The van der Waals surface area contributed by atoms with Gasteiger partial charge >= 0.3 is 0 Å². The van der Waals surface area contributed by atoms with Crippen molar-refractivity contribution in [3.8, 4) is 0 Å². The van der Waals surface area contributed by atoms with Gasteiger partial charge in [-0.25, -0.2) is 0 Å². The van der Waals surface area contributed by atoms with E-state index in [0.717, 1.165) is 12.8 Å². The van der Waals surface area contributed by atoms with Crippen LogP contribution in [0.3, 0.4) is 0 Å². The second-order valence-corrected chi connectivity index (χ2v) is 6.82. The molecule has 0 aliphatic rings. The molecule has 0 bridgehead atoms. The van der Waals surface area contributed by atoms with Crippen molar-refractivity contribution in [2.24, 2.45) is 11.5 Å². The van der Waals surface area contributed by atoms with Gasteiger partial charge in [0.25, 0.3) is 0 Å². The Balaban J connectivity index is 0. The summed E-state index contributed by atoms with van der Waals surface area (Å²) in [4.78, 5) is 10.6. The largest absolute Gasteiger partial charge is 0.395 e. The summed E-state index contributed by atoms with van der Waals surface area (Å²) in [5.74, 6) is -0.593. The second kappa shape index (κ2) is 23.4. The van der Waals surface area contributed by atoms with Gasteiger partial charge in [0, 0.05) is 6.54 Å². The van der Waals surface area contributed by atoms with Crippen molar-refractivity contribution in [1.82, 2.24) is 0 Å². The third-order valence-electron chi connectivity index (χ3n) is 4.29. The van der Waals surface area contributed by atoms with Crippen LogP contribution in [0.5, 0.6) is 0 Å². The molecule has 0 aromatic heterocycles. The lowest BCUT2D eigenvalue weighted by Crippen LogP contribution is -2.27. The summed E-state index contributed by atoms with van der Waals surface area (Å²) < 4.78 is 0. The maximum atomic E-state index is 10.6. The van der Waals surface area contributed by atoms with Gasteiger partial charge in [0.1, 0.15) is 6.10 Å². The molecule has 0 saturated heterocycles. The van der Waals surface area contributed by atoms with E-state index in [9.17, 15) is 9.90 Å². The minimum absolute atomic E-state index is 0.0972. The highest BCUT2D eigenvalue weighted by atomic mass is 16.3. The molecule has 0 radical (unpaired) electrons. The Labute approximate surface area is 155 Å². The molecule has 0 aliphatic heterocycles. The van der Waals surface area contributed by atoms with E-state index in [1.807, 2.05) is 0 Å². The van der Waals surface area contributed by atoms with Crippen LogP contribution in [-0.2, 0) is 4.79 Å². The zero-order valence-corrected chi connectivity index (χ0v) is 16.6. The first-order chi connectivity index (χ1) is 12.1. The van der Waals surface area contributed by atoms with Crippen molar-refractivity contribution < 1.29 is 15.0 Å². The van der Waals surface area contributed by atoms with Gasteiger partial charge in [0.2, 0.25) is 5.91 Å². The van der Waals surface area contributed by atoms with Crippen molar-refractivity contribution >= 4 is 5.91 Å². The number of rotatable bonds is 17. The molecule has 0 aromatic carbocycles. The van der Waals surface area contributed by atoms with Crippen LogP contribution in [-0.4, -0.2) is 35.4 Å².